The van der Waals surface area contributed by atoms with Gasteiger partial charge in [-0.3, -0.25) is 10.1 Å². The summed E-state index contributed by atoms with van der Waals surface area (Å²) in [5.74, 6) is -0.0834. The molecule has 0 fully saturated rings. The minimum Gasteiger partial charge on any atom is -0.291 e. The first-order valence-corrected chi connectivity index (χ1v) is 5.11. The number of nitrogens with zero attached hydrogens (tertiary/aromatic N) is 2. The Morgan fingerprint density at radius 2 is 2.19 bits per heavy atom. The summed E-state index contributed by atoms with van der Waals surface area (Å²) in [7, 11) is 0. The second-order valence-electron chi connectivity index (χ2n) is 3.03. The van der Waals surface area contributed by atoms with Crippen molar-refractivity contribution in [2.24, 2.45) is 0 Å². The lowest BCUT2D eigenvalue weighted by molar-refractivity contribution is -0.111. The van der Waals surface area contributed by atoms with E-state index in [4.69, 9.17) is 11.6 Å². The Bertz CT molecular complexity index is 421. The number of hydrogen-bond acceptors (Lipinski definition) is 3. The molecule has 1 aromatic heterocycles. The Hall–Kier alpha value is -1.68. The molecule has 0 spiro atoms. The monoisotopic (exact) mass is 237 g/mol. The van der Waals surface area contributed by atoms with Crippen LogP contribution in [0.25, 0.3) is 0 Å². The van der Waals surface area contributed by atoms with Crippen LogP contribution in [0.4, 0.5) is 5.95 Å². The molecule has 0 aliphatic heterocycles. The maximum absolute atomic E-state index is 11.4. The van der Waals surface area contributed by atoms with Gasteiger partial charge in [0.05, 0.1) is 0 Å². The van der Waals surface area contributed by atoms with E-state index in [2.05, 4.69) is 15.3 Å². The molecule has 1 amide bonds. The van der Waals surface area contributed by atoms with Gasteiger partial charge in [0.25, 0.3) is 5.91 Å². The predicted octanol–water partition coefficient (Wildman–Crippen LogP) is 2.51. The molecule has 84 valence electrons. The highest BCUT2D eigenvalue weighted by Gasteiger charge is 2.02. The summed E-state index contributed by atoms with van der Waals surface area (Å²) in [6.45, 7) is 3.64. The van der Waals surface area contributed by atoms with Crippen LogP contribution in [-0.4, -0.2) is 15.9 Å². The van der Waals surface area contributed by atoms with E-state index in [1.165, 1.54) is 6.08 Å². The molecule has 0 aromatic carbocycles. The van der Waals surface area contributed by atoms with E-state index >= 15 is 0 Å². The van der Waals surface area contributed by atoms with Crippen LogP contribution in [0, 0.1) is 6.92 Å². The Kier molecular flexibility index (Phi) is 4.66. The van der Waals surface area contributed by atoms with Crippen molar-refractivity contribution in [3.8, 4) is 0 Å². The average molecular weight is 238 g/mol. The Labute approximate surface area is 99.1 Å². The van der Waals surface area contributed by atoms with Crippen LogP contribution in [0.3, 0.4) is 0 Å². The molecule has 0 saturated carbocycles. The molecule has 5 heteroatoms. The van der Waals surface area contributed by atoms with Crippen LogP contribution >= 0.6 is 11.6 Å². The van der Waals surface area contributed by atoms with Crippen molar-refractivity contribution >= 4 is 23.5 Å². The molecule has 0 atom stereocenters. The van der Waals surface area contributed by atoms with Crippen LogP contribution < -0.4 is 5.32 Å². The molecule has 0 unspecified atom stereocenters. The molecule has 1 aromatic rings. The fourth-order valence-corrected chi connectivity index (χ4v) is 1.23. The van der Waals surface area contributed by atoms with E-state index in [0.717, 1.165) is 0 Å². The van der Waals surface area contributed by atoms with Gasteiger partial charge in [-0.15, -0.1) is 0 Å². The average Bonchev–Trinajstić information content (AvgIpc) is 2.16. The summed E-state index contributed by atoms with van der Waals surface area (Å²) < 4.78 is 0. The van der Waals surface area contributed by atoms with Gasteiger partial charge in [-0.1, -0.05) is 29.8 Å². The highest BCUT2D eigenvalue weighted by molar-refractivity contribution is 6.29. The highest BCUT2D eigenvalue weighted by Crippen LogP contribution is 2.09. The SMILES string of the molecule is CC=CC=CC(=O)Nc1nc(C)cc(Cl)n1. The van der Waals surface area contributed by atoms with Gasteiger partial charge in [0.2, 0.25) is 5.95 Å². The van der Waals surface area contributed by atoms with Crippen molar-refractivity contribution in [1.82, 2.24) is 9.97 Å². The van der Waals surface area contributed by atoms with Crippen molar-refractivity contribution in [3.05, 3.63) is 41.2 Å². The van der Waals surface area contributed by atoms with Crippen LogP contribution in [-0.2, 0) is 4.79 Å². The Balaban J connectivity index is 2.69. The summed E-state index contributed by atoms with van der Waals surface area (Å²) in [6, 6.07) is 1.62. The Morgan fingerprint density at radius 3 is 2.81 bits per heavy atom. The van der Waals surface area contributed by atoms with Crippen LogP contribution in [0.15, 0.2) is 30.4 Å². The number of allylic oxidation sites excluding steroid dienone is 3. The third-order valence-electron chi connectivity index (χ3n) is 1.61. The zero-order chi connectivity index (χ0) is 12.0. The van der Waals surface area contributed by atoms with Gasteiger partial charge in [-0.25, -0.2) is 9.97 Å². The second kappa shape index (κ2) is 6.02. The summed E-state index contributed by atoms with van der Waals surface area (Å²) in [5, 5.41) is 2.82. The molecule has 0 aliphatic rings. The van der Waals surface area contributed by atoms with Crippen LogP contribution in [0.5, 0.6) is 0 Å². The largest absolute Gasteiger partial charge is 0.291 e. The molecular formula is C11H12ClN3O. The van der Waals surface area contributed by atoms with Crippen molar-refractivity contribution < 1.29 is 4.79 Å². The van der Waals surface area contributed by atoms with Gasteiger partial charge < -0.3 is 0 Å². The maximum Gasteiger partial charge on any atom is 0.250 e. The third kappa shape index (κ3) is 4.23. The predicted molar refractivity (Wildman–Crippen MR) is 64.4 cm³/mol. The quantitative estimate of drug-likeness (QED) is 0.499. The molecule has 4 nitrogen and oxygen atoms in total. The van der Waals surface area contributed by atoms with Gasteiger partial charge in [0.15, 0.2) is 0 Å². The number of rotatable bonds is 3. The first kappa shape index (κ1) is 12.4. The lowest BCUT2D eigenvalue weighted by Gasteiger charge is -2.01. The van der Waals surface area contributed by atoms with Gasteiger partial charge >= 0.3 is 0 Å². The van der Waals surface area contributed by atoms with Crippen molar-refractivity contribution in [3.63, 3.8) is 0 Å². The number of hydrogen-bond donors (Lipinski definition) is 1. The van der Waals surface area contributed by atoms with Crippen LogP contribution in [0.2, 0.25) is 5.15 Å². The summed E-state index contributed by atoms with van der Waals surface area (Å²) in [6.07, 6.45) is 6.60. The first-order valence-electron chi connectivity index (χ1n) is 4.73. The van der Waals surface area contributed by atoms with Gasteiger partial charge in [-0.05, 0) is 19.9 Å². The standard InChI is InChI=1S/C11H12ClN3O/c1-3-4-5-6-10(16)15-11-13-8(2)7-9(12)14-11/h3-7H,1-2H3,(H,13,14,15,16). The van der Waals surface area contributed by atoms with Crippen molar-refractivity contribution in [2.75, 3.05) is 5.32 Å². The molecule has 0 aliphatic carbocycles. The van der Waals surface area contributed by atoms with Gasteiger partial charge in [0.1, 0.15) is 5.15 Å². The number of aryl methyl sites for hydroxylation is 1. The van der Waals surface area contributed by atoms with E-state index in [-0.39, 0.29) is 11.9 Å². The lowest BCUT2D eigenvalue weighted by Crippen LogP contribution is -2.11. The number of halogens is 1. The smallest absolute Gasteiger partial charge is 0.250 e. The number of aromatic nitrogens is 2. The normalized spacial score (nSPS) is 11.2. The fraction of sp³-hybridized carbons (Fsp3) is 0.182. The third-order valence-corrected chi connectivity index (χ3v) is 1.80. The van der Waals surface area contributed by atoms with E-state index in [1.54, 1.807) is 25.1 Å². The molecule has 0 radical (unpaired) electrons. The highest BCUT2D eigenvalue weighted by atomic mass is 35.5. The number of carbonyl (C=O) groups is 1. The zero-order valence-electron chi connectivity index (χ0n) is 9.07. The minimum atomic E-state index is -0.292. The molecule has 16 heavy (non-hydrogen) atoms. The van der Waals surface area contributed by atoms with Gasteiger partial charge in [-0.2, -0.15) is 0 Å². The maximum atomic E-state index is 11.4. The lowest BCUT2D eigenvalue weighted by atomic mass is 10.4. The van der Waals surface area contributed by atoms with Gasteiger partial charge in [0, 0.05) is 11.8 Å². The minimum absolute atomic E-state index is 0.208. The zero-order valence-corrected chi connectivity index (χ0v) is 9.82. The number of nitrogens with one attached hydrogen (secondary N) is 1. The molecule has 0 saturated heterocycles. The number of amides is 1. The summed E-state index contributed by atoms with van der Waals surface area (Å²) in [5.41, 5.74) is 0.702. The Morgan fingerprint density at radius 1 is 1.44 bits per heavy atom. The molecule has 1 rings (SSSR count). The van der Waals surface area contributed by atoms with Crippen molar-refractivity contribution in [2.45, 2.75) is 13.8 Å². The summed E-state index contributed by atoms with van der Waals surface area (Å²) >= 11 is 5.73. The second-order valence-corrected chi connectivity index (χ2v) is 3.42. The van der Waals surface area contributed by atoms with Crippen molar-refractivity contribution in [1.29, 1.82) is 0 Å². The van der Waals surface area contributed by atoms with E-state index in [0.29, 0.717) is 10.8 Å². The molecule has 0 bridgehead atoms. The number of carbonyl (C=O) groups excluding carboxylic acids is 1. The van der Waals surface area contributed by atoms with E-state index < -0.39 is 0 Å². The molecule has 1 heterocycles. The molecule has 1 N–H and O–H groups in total. The van der Waals surface area contributed by atoms with E-state index in [1.807, 2.05) is 13.0 Å². The first-order chi connectivity index (χ1) is 7.61. The summed E-state index contributed by atoms with van der Waals surface area (Å²) in [4.78, 5) is 19.3. The van der Waals surface area contributed by atoms with Crippen LogP contribution in [0.1, 0.15) is 12.6 Å². The van der Waals surface area contributed by atoms with E-state index in [9.17, 15) is 4.79 Å². The molecular weight excluding hydrogens is 226 g/mol. The number of anilines is 1. The topological polar surface area (TPSA) is 54.9 Å². The fourth-order valence-electron chi connectivity index (χ4n) is 0.992.